The summed E-state index contributed by atoms with van der Waals surface area (Å²) in [6.45, 7) is 5.94. The topological polar surface area (TPSA) is 35.2 Å². The Balaban J connectivity index is 2.18. The van der Waals surface area contributed by atoms with Gasteiger partial charge in [-0.15, -0.1) is 0 Å². The SMILES string of the molecule is CCCCOCCC(N)Cc1cccc(C)c1. The molecule has 1 unspecified atom stereocenters. The van der Waals surface area contributed by atoms with E-state index in [0.717, 1.165) is 32.5 Å². The summed E-state index contributed by atoms with van der Waals surface area (Å²) in [7, 11) is 0. The van der Waals surface area contributed by atoms with E-state index in [2.05, 4.69) is 38.1 Å². The summed E-state index contributed by atoms with van der Waals surface area (Å²) in [4.78, 5) is 0. The molecule has 0 fully saturated rings. The van der Waals surface area contributed by atoms with Crippen molar-refractivity contribution in [2.24, 2.45) is 5.73 Å². The van der Waals surface area contributed by atoms with E-state index >= 15 is 0 Å². The molecule has 0 heterocycles. The highest BCUT2D eigenvalue weighted by molar-refractivity contribution is 5.22. The first-order valence-electron chi connectivity index (χ1n) is 6.61. The molecular formula is C15H25NO. The average Bonchev–Trinajstić information content (AvgIpc) is 2.29. The minimum absolute atomic E-state index is 0.207. The number of aryl methyl sites for hydroxylation is 1. The van der Waals surface area contributed by atoms with Gasteiger partial charge >= 0.3 is 0 Å². The molecule has 0 aromatic heterocycles. The molecule has 17 heavy (non-hydrogen) atoms. The van der Waals surface area contributed by atoms with Crippen LogP contribution in [0.2, 0.25) is 0 Å². The Bertz CT molecular complexity index is 312. The summed E-state index contributed by atoms with van der Waals surface area (Å²) >= 11 is 0. The molecule has 0 aliphatic rings. The third kappa shape index (κ3) is 6.44. The summed E-state index contributed by atoms with van der Waals surface area (Å²) in [5.41, 5.74) is 8.72. The van der Waals surface area contributed by atoms with E-state index < -0.39 is 0 Å². The molecule has 2 nitrogen and oxygen atoms in total. The number of hydrogen-bond acceptors (Lipinski definition) is 2. The van der Waals surface area contributed by atoms with Gasteiger partial charge < -0.3 is 10.5 Å². The molecule has 0 aliphatic carbocycles. The molecule has 2 N–H and O–H groups in total. The summed E-state index contributed by atoms with van der Waals surface area (Å²) in [6.07, 6.45) is 4.22. The van der Waals surface area contributed by atoms with Gasteiger partial charge in [-0.3, -0.25) is 0 Å². The predicted molar refractivity (Wildman–Crippen MR) is 73.2 cm³/mol. The summed E-state index contributed by atoms with van der Waals surface area (Å²) in [6, 6.07) is 8.76. The van der Waals surface area contributed by atoms with Crippen LogP contribution in [0.5, 0.6) is 0 Å². The molecule has 0 radical (unpaired) electrons. The van der Waals surface area contributed by atoms with Crippen molar-refractivity contribution in [1.82, 2.24) is 0 Å². The third-order valence-electron chi connectivity index (χ3n) is 2.86. The lowest BCUT2D eigenvalue weighted by molar-refractivity contribution is 0.124. The molecule has 0 saturated heterocycles. The first kappa shape index (κ1) is 14.2. The van der Waals surface area contributed by atoms with Gasteiger partial charge in [-0.05, 0) is 31.7 Å². The van der Waals surface area contributed by atoms with Gasteiger partial charge in [-0.2, -0.15) is 0 Å². The van der Waals surface area contributed by atoms with E-state index in [9.17, 15) is 0 Å². The molecule has 2 heteroatoms. The fourth-order valence-electron chi connectivity index (χ4n) is 1.83. The van der Waals surface area contributed by atoms with Crippen molar-refractivity contribution in [2.75, 3.05) is 13.2 Å². The Morgan fingerprint density at radius 1 is 1.29 bits per heavy atom. The van der Waals surface area contributed by atoms with E-state index in [1.807, 2.05) is 0 Å². The molecule has 96 valence electrons. The van der Waals surface area contributed by atoms with E-state index in [1.54, 1.807) is 0 Å². The minimum atomic E-state index is 0.207. The number of benzene rings is 1. The van der Waals surface area contributed by atoms with Crippen LogP contribution >= 0.6 is 0 Å². The van der Waals surface area contributed by atoms with Crippen LogP contribution in [0.4, 0.5) is 0 Å². The second-order valence-corrected chi connectivity index (χ2v) is 4.71. The van der Waals surface area contributed by atoms with E-state index in [-0.39, 0.29) is 6.04 Å². The maximum atomic E-state index is 6.09. The standard InChI is InChI=1S/C15H25NO/c1-3-4-9-17-10-8-15(16)12-14-7-5-6-13(2)11-14/h5-7,11,15H,3-4,8-10,12,16H2,1-2H3. The van der Waals surface area contributed by atoms with Crippen LogP contribution in [-0.4, -0.2) is 19.3 Å². The Hall–Kier alpha value is -0.860. The van der Waals surface area contributed by atoms with Crippen LogP contribution in [0.15, 0.2) is 24.3 Å². The highest BCUT2D eigenvalue weighted by Crippen LogP contribution is 2.07. The lowest BCUT2D eigenvalue weighted by atomic mass is 10.0. The first-order chi connectivity index (χ1) is 8.22. The quantitative estimate of drug-likeness (QED) is 0.703. The fourth-order valence-corrected chi connectivity index (χ4v) is 1.83. The molecule has 1 rings (SSSR count). The van der Waals surface area contributed by atoms with Crippen molar-refractivity contribution in [3.63, 3.8) is 0 Å². The molecular weight excluding hydrogens is 210 g/mol. The smallest absolute Gasteiger partial charge is 0.0480 e. The van der Waals surface area contributed by atoms with E-state index in [0.29, 0.717) is 0 Å². The summed E-state index contributed by atoms with van der Waals surface area (Å²) in [5, 5.41) is 0. The van der Waals surface area contributed by atoms with Crippen LogP contribution in [0.1, 0.15) is 37.3 Å². The van der Waals surface area contributed by atoms with Crippen molar-refractivity contribution in [1.29, 1.82) is 0 Å². The Morgan fingerprint density at radius 2 is 2.12 bits per heavy atom. The minimum Gasteiger partial charge on any atom is -0.381 e. The van der Waals surface area contributed by atoms with Gasteiger partial charge in [0.1, 0.15) is 0 Å². The molecule has 0 amide bonds. The van der Waals surface area contributed by atoms with Gasteiger partial charge in [0.2, 0.25) is 0 Å². The molecule has 1 aromatic rings. The maximum absolute atomic E-state index is 6.09. The monoisotopic (exact) mass is 235 g/mol. The second-order valence-electron chi connectivity index (χ2n) is 4.71. The maximum Gasteiger partial charge on any atom is 0.0480 e. The Morgan fingerprint density at radius 3 is 2.82 bits per heavy atom. The van der Waals surface area contributed by atoms with Gasteiger partial charge in [0, 0.05) is 19.3 Å². The molecule has 0 bridgehead atoms. The molecule has 1 aromatic carbocycles. The predicted octanol–water partition coefficient (Wildman–Crippen LogP) is 3.07. The molecule has 0 aliphatic heterocycles. The Labute approximate surface area is 105 Å². The van der Waals surface area contributed by atoms with Gasteiger partial charge in [-0.25, -0.2) is 0 Å². The highest BCUT2D eigenvalue weighted by Gasteiger charge is 2.04. The lowest BCUT2D eigenvalue weighted by Crippen LogP contribution is -2.24. The van der Waals surface area contributed by atoms with Gasteiger partial charge in [0.15, 0.2) is 0 Å². The molecule has 0 saturated carbocycles. The van der Waals surface area contributed by atoms with Gasteiger partial charge in [0.05, 0.1) is 0 Å². The summed E-state index contributed by atoms with van der Waals surface area (Å²) in [5.74, 6) is 0. The van der Waals surface area contributed by atoms with Crippen molar-refractivity contribution in [2.45, 2.75) is 45.6 Å². The zero-order valence-corrected chi connectivity index (χ0v) is 11.1. The highest BCUT2D eigenvalue weighted by atomic mass is 16.5. The number of rotatable bonds is 8. The second kappa shape index (κ2) is 8.26. The molecule has 1 atom stereocenters. The fraction of sp³-hybridized carbons (Fsp3) is 0.600. The number of ether oxygens (including phenoxy) is 1. The normalized spacial score (nSPS) is 12.6. The van der Waals surface area contributed by atoms with Crippen LogP contribution in [0.3, 0.4) is 0 Å². The van der Waals surface area contributed by atoms with E-state index in [1.165, 1.54) is 17.5 Å². The zero-order valence-electron chi connectivity index (χ0n) is 11.1. The number of hydrogen-bond donors (Lipinski definition) is 1. The van der Waals surface area contributed by atoms with Crippen molar-refractivity contribution in [3.8, 4) is 0 Å². The largest absolute Gasteiger partial charge is 0.381 e. The van der Waals surface area contributed by atoms with Crippen molar-refractivity contribution < 1.29 is 4.74 Å². The van der Waals surface area contributed by atoms with E-state index in [4.69, 9.17) is 10.5 Å². The van der Waals surface area contributed by atoms with Crippen LogP contribution in [0.25, 0.3) is 0 Å². The average molecular weight is 235 g/mol. The van der Waals surface area contributed by atoms with Crippen LogP contribution in [0, 0.1) is 6.92 Å². The van der Waals surface area contributed by atoms with Crippen molar-refractivity contribution >= 4 is 0 Å². The summed E-state index contributed by atoms with van der Waals surface area (Å²) < 4.78 is 5.53. The number of nitrogens with two attached hydrogens (primary N) is 1. The first-order valence-corrected chi connectivity index (χ1v) is 6.61. The Kier molecular flexibility index (Phi) is 6.90. The van der Waals surface area contributed by atoms with Crippen molar-refractivity contribution in [3.05, 3.63) is 35.4 Å². The lowest BCUT2D eigenvalue weighted by Gasteiger charge is -2.12. The number of unbranched alkanes of at least 4 members (excludes halogenated alkanes) is 1. The van der Waals surface area contributed by atoms with Crippen LogP contribution < -0.4 is 5.73 Å². The molecule has 0 spiro atoms. The third-order valence-corrected chi connectivity index (χ3v) is 2.86. The van der Waals surface area contributed by atoms with Crippen LogP contribution in [-0.2, 0) is 11.2 Å². The van der Waals surface area contributed by atoms with Gasteiger partial charge in [0.25, 0.3) is 0 Å². The zero-order chi connectivity index (χ0) is 12.5. The van der Waals surface area contributed by atoms with Gasteiger partial charge in [-0.1, -0.05) is 43.2 Å².